The maximum absolute atomic E-state index is 6.68. The van der Waals surface area contributed by atoms with E-state index in [9.17, 15) is 0 Å². The molecule has 1 saturated heterocycles. The van der Waals surface area contributed by atoms with Crippen LogP contribution >= 0.6 is 0 Å². The van der Waals surface area contributed by atoms with Crippen molar-refractivity contribution in [2.75, 3.05) is 4.90 Å². The van der Waals surface area contributed by atoms with Crippen LogP contribution in [-0.4, -0.2) is 19.9 Å². The van der Waals surface area contributed by atoms with E-state index >= 15 is 0 Å². The van der Waals surface area contributed by atoms with Gasteiger partial charge in [0.2, 0.25) is 0 Å². The van der Waals surface area contributed by atoms with Gasteiger partial charge in [0.25, 0.3) is 0 Å². The van der Waals surface area contributed by atoms with Crippen LogP contribution in [-0.2, 0) is 11.8 Å². The highest BCUT2D eigenvalue weighted by molar-refractivity contribution is 6.34. The van der Waals surface area contributed by atoms with Crippen LogP contribution in [0.1, 0.15) is 99.7 Å². The molecule has 3 heterocycles. The van der Waals surface area contributed by atoms with E-state index in [1.807, 2.05) is 0 Å². The van der Waals surface area contributed by atoms with E-state index in [4.69, 9.17) is 7.85 Å². The number of allylic oxidation sites excluding steroid dienone is 3. The van der Waals surface area contributed by atoms with Gasteiger partial charge in [-0.25, -0.2) is 0 Å². The zero-order valence-electron chi connectivity index (χ0n) is 27.3. The van der Waals surface area contributed by atoms with Gasteiger partial charge < -0.3 is 4.90 Å². The van der Waals surface area contributed by atoms with E-state index in [-0.39, 0.29) is 16.2 Å². The second-order valence-electron chi connectivity index (χ2n) is 16.2. The van der Waals surface area contributed by atoms with Gasteiger partial charge in [0, 0.05) is 23.6 Å². The predicted molar refractivity (Wildman–Crippen MR) is 176 cm³/mol. The fourth-order valence-corrected chi connectivity index (χ4v) is 9.85. The third kappa shape index (κ3) is 3.37. The Kier molecular flexibility index (Phi) is 5.56. The molecule has 2 aromatic carbocycles. The number of fused-ring (bicyclic) bond motifs is 1. The van der Waals surface area contributed by atoms with Gasteiger partial charge in [0.15, 0.2) is 0 Å². The zero-order valence-corrected chi connectivity index (χ0v) is 27.3. The van der Waals surface area contributed by atoms with Crippen LogP contribution in [0, 0.1) is 50.4 Å². The molecule has 5 atom stereocenters. The van der Waals surface area contributed by atoms with E-state index in [1.54, 1.807) is 33.5 Å². The summed E-state index contributed by atoms with van der Waals surface area (Å²) in [5, 5.41) is 0. The largest absolute Gasteiger partial charge is 0.359 e. The fourth-order valence-electron chi connectivity index (χ4n) is 9.85. The van der Waals surface area contributed by atoms with Crippen molar-refractivity contribution in [2.45, 2.75) is 112 Å². The van der Waals surface area contributed by atoms with E-state index in [1.165, 1.54) is 34.2 Å². The van der Waals surface area contributed by atoms with Crippen LogP contribution < -0.4 is 10.4 Å². The summed E-state index contributed by atoms with van der Waals surface area (Å²) in [7, 11) is 6.68. The summed E-state index contributed by atoms with van der Waals surface area (Å²) in [4.78, 5) is 2.96. The minimum absolute atomic E-state index is 0.0893. The number of piperidine rings is 1. The van der Waals surface area contributed by atoms with Crippen LogP contribution in [0.15, 0.2) is 53.1 Å². The molecular weight excluding hydrogens is 493 g/mol. The molecule has 2 radical (unpaired) electrons. The molecule has 0 spiro atoms. The first-order valence-electron chi connectivity index (χ1n) is 16.0. The van der Waals surface area contributed by atoms with Crippen molar-refractivity contribution in [3.8, 4) is 0 Å². The number of para-hydroxylation sites is 1. The molecule has 0 aromatic heterocycles. The molecule has 3 aliphatic heterocycles. The Hall–Kier alpha value is -2.48. The second-order valence-corrected chi connectivity index (χ2v) is 16.2. The van der Waals surface area contributed by atoms with Gasteiger partial charge in [-0.2, -0.15) is 0 Å². The molecule has 5 aliphatic rings. The summed E-state index contributed by atoms with van der Waals surface area (Å²) >= 11 is 0. The predicted octanol–water partition coefficient (Wildman–Crippen LogP) is 8.40. The normalized spacial score (nSPS) is 30.0. The number of benzene rings is 2. The SMILES string of the molecule is [B]c1c(C)c(C)c(C)c(CC2=CC=C3C4C2c2cccc5c2N4C2C(CC(C(C)(C)C)=CC2C5(C)C)C3(C)C)c1C. The van der Waals surface area contributed by atoms with Crippen molar-refractivity contribution in [3.05, 3.63) is 92.1 Å². The molecule has 2 heteroatoms. The monoisotopic (exact) mass is 541 g/mol. The van der Waals surface area contributed by atoms with Gasteiger partial charge in [-0.3, -0.25) is 0 Å². The van der Waals surface area contributed by atoms with Gasteiger partial charge >= 0.3 is 0 Å². The molecule has 41 heavy (non-hydrogen) atoms. The first kappa shape index (κ1) is 27.4. The Morgan fingerprint density at radius 3 is 2.29 bits per heavy atom. The molecule has 5 unspecified atom stereocenters. The van der Waals surface area contributed by atoms with Gasteiger partial charge in [0.1, 0.15) is 7.85 Å². The third-order valence-corrected chi connectivity index (χ3v) is 12.8. The first-order valence-corrected chi connectivity index (χ1v) is 16.0. The summed E-state index contributed by atoms with van der Waals surface area (Å²) < 4.78 is 0. The van der Waals surface area contributed by atoms with Gasteiger partial charge in [-0.1, -0.05) is 113 Å². The molecular formula is C39H48BN. The quantitative estimate of drug-likeness (QED) is 0.273. The van der Waals surface area contributed by atoms with Crippen LogP contribution in [0.3, 0.4) is 0 Å². The fraction of sp³-hybridized carbons (Fsp3) is 0.538. The molecule has 1 nitrogen and oxygen atoms in total. The lowest BCUT2D eigenvalue weighted by Crippen LogP contribution is -2.66. The smallest absolute Gasteiger partial charge is 0.114 e. The van der Waals surface area contributed by atoms with E-state index in [0.717, 1.165) is 11.9 Å². The maximum Gasteiger partial charge on any atom is 0.114 e. The number of hydrogen-bond donors (Lipinski definition) is 0. The van der Waals surface area contributed by atoms with Crippen molar-refractivity contribution in [3.63, 3.8) is 0 Å². The number of anilines is 1. The third-order valence-electron chi connectivity index (χ3n) is 12.8. The van der Waals surface area contributed by atoms with Crippen molar-refractivity contribution in [2.24, 2.45) is 22.7 Å². The lowest BCUT2D eigenvalue weighted by molar-refractivity contribution is 0.0911. The van der Waals surface area contributed by atoms with Crippen LogP contribution in [0.25, 0.3) is 0 Å². The van der Waals surface area contributed by atoms with Crippen LogP contribution in [0.4, 0.5) is 5.69 Å². The van der Waals surface area contributed by atoms with Gasteiger partial charge in [-0.05, 0) is 96.1 Å². The van der Waals surface area contributed by atoms with Crippen molar-refractivity contribution in [1.82, 2.24) is 0 Å². The standard InChI is InChI=1S/C39H48BN/c1-20-21(2)27(23(4)33(40)22(20)3)17-24-15-16-29-36-32(24)26-13-12-14-28-34(26)41(36)35-30(38(28,8)9)18-25(37(5,6)7)19-31(35)39(29,10)11/h12-16,18,30-32,35-36H,17,19H2,1-11H3. The number of nitrogens with zero attached hydrogens (tertiary/aromatic N) is 1. The highest BCUT2D eigenvalue weighted by Gasteiger charge is 2.64. The summed E-state index contributed by atoms with van der Waals surface area (Å²) in [6.45, 7) is 26.4. The summed E-state index contributed by atoms with van der Waals surface area (Å²) in [6, 6.07) is 8.22. The summed E-state index contributed by atoms with van der Waals surface area (Å²) in [5.41, 5.74) is 17.6. The Bertz CT molecular complexity index is 1570. The molecule has 2 aromatic rings. The lowest BCUT2D eigenvalue weighted by atomic mass is 9.50. The molecule has 0 amide bonds. The van der Waals surface area contributed by atoms with Crippen LogP contribution in [0.2, 0.25) is 0 Å². The molecule has 2 aliphatic carbocycles. The zero-order chi connectivity index (χ0) is 29.5. The Balaban J connectivity index is 1.46. The molecule has 0 bridgehead atoms. The molecule has 0 saturated carbocycles. The van der Waals surface area contributed by atoms with Crippen LogP contribution in [0.5, 0.6) is 0 Å². The number of hydrogen-bond acceptors (Lipinski definition) is 1. The second kappa shape index (κ2) is 8.33. The number of rotatable bonds is 2. The van der Waals surface area contributed by atoms with Gasteiger partial charge in [0.05, 0.1) is 6.04 Å². The average Bonchev–Trinajstić information content (AvgIpc) is 3.26. The van der Waals surface area contributed by atoms with E-state index < -0.39 is 0 Å². The minimum Gasteiger partial charge on any atom is -0.359 e. The summed E-state index contributed by atoms with van der Waals surface area (Å²) in [6.07, 6.45) is 9.98. The van der Waals surface area contributed by atoms with Crippen molar-refractivity contribution < 1.29 is 0 Å². The Morgan fingerprint density at radius 2 is 1.61 bits per heavy atom. The first-order chi connectivity index (χ1) is 19.1. The van der Waals surface area contributed by atoms with E-state index in [2.05, 4.69) is 117 Å². The van der Waals surface area contributed by atoms with Gasteiger partial charge in [-0.15, -0.1) is 0 Å². The minimum atomic E-state index is 0.0893. The van der Waals surface area contributed by atoms with Crippen molar-refractivity contribution >= 4 is 19.0 Å². The Morgan fingerprint density at radius 1 is 0.902 bits per heavy atom. The van der Waals surface area contributed by atoms with E-state index in [0.29, 0.717) is 29.8 Å². The van der Waals surface area contributed by atoms with Crippen molar-refractivity contribution in [1.29, 1.82) is 0 Å². The molecule has 212 valence electrons. The molecule has 0 N–H and O–H groups in total. The average molecular weight is 542 g/mol. The lowest BCUT2D eigenvalue weighted by Gasteiger charge is -2.64. The maximum atomic E-state index is 6.68. The molecule has 7 rings (SSSR count). The summed E-state index contributed by atoms with van der Waals surface area (Å²) in [5.74, 6) is 1.51. The Labute approximate surface area is 250 Å². The topological polar surface area (TPSA) is 3.24 Å². The molecule has 1 fully saturated rings. The highest BCUT2D eigenvalue weighted by Crippen LogP contribution is 2.68. The highest BCUT2D eigenvalue weighted by atomic mass is 15.3.